The van der Waals surface area contributed by atoms with Crippen molar-refractivity contribution >= 4 is 66.9 Å². The molecule has 2 aromatic carbocycles. The second-order valence-corrected chi connectivity index (χ2v) is 8.48. The molecule has 1 aliphatic rings. The lowest BCUT2D eigenvalue weighted by molar-refractivity contribution is -0.384. The Morgan fingerprint density at radius 2 is 1.87 bits per heavy atom. The summed E-state index contributed by atoms with van der Waals surface area (Å²) in [7, 11) is 0. The highest BCUT2D eigenvalue weighted by Gasteiger charge is 2.22. The van der Waals surface area contributed by atoms with Crippen molar-refractivity contribution in [3.05, 3.63) is 68.0 Å². The third-order valence-electron chi connectivity index (χ3n) is 4.74. The highest BCUT2D eigenvalue weighted by Crippen LogP contribution is 2.27. The molecule has 154 valence electrons. The molecule has 30 heavy (non-hydrogen) atoms. The van der Waals surface area contributed by atoms with Crippen LogP contribution in [0.1, 0.15) is 0 Å². The van der Waals surface area contributed by atoms with Gasteiger partial charge in [-0.3, -0.25) is 14.9 Å². The summed E-state index contributed by atoms with van der Waals surface area (Å²) >= 11 is 12.8. The SMILES string of the molecule is O=c1nc(N2CCN(C(=S)Nc3ccc(Cl)cc3)CC2)sc2ccc([N+](=O)[O-])cc12. The highest BCUT2D eigenvalue weighted by molar-refractivity contribution is 7.80. The summed E-state index contributed by atoms with van der Waals surface area (Å²) in [5.74, 6) is 0. The summed E-state index contributed by atoms with van der Waals surface area (Å²) in [4.78, 5) is 31.1. The van der Waals surface area contributed by atoms with Crippen LogP contribution in [0.2, 0.25) is 5.02 Å². The van der Waals surface area contributed by atoms with E-state index in [-0.39, 0.29) is 11.1 Å². The van der Waals surface area contributed by atoms with Gasteiger partial charge in [0.2, 0.25) is 0 Å². The van der Waals surface area contributed by atoms with Crippen LogP contribution >= 0.6 is 35.2 Å². The topological polar surface area (TPSA) is 91.6 Å². The lowest BCUT2D eigenvalue weighted by Gasteiger charge is -2.36. The molecule has 0 aliphatic carbocycles. The summed E-state index contributed by atoms with van der Waals surface area (Å²) in [6.45, 7) is 2.67. The first-order valence-electron chi connectivity index (χ1n) is 9.06. The van der Waals surface area contributed by atoms with Crippen molar-refractivity contribution in [1.29, 1.82) is 0 Å². The van der Waals surface area contributed by atoms with Crippen LogP contribution in [0.25, 0.3) is 10.1 Å². The number of piperazine rings is 1. The van der Waals surface area contributed by atoms with Gasteiger partial charge in [0.05, 0.1) is 10.3 Å². The number of fused-ring (bicyclic) bond motifs is 1. The number of halogens is 1. The van der Waals surface area contributed by atoms with Crippen LogP contribution in [0.3, 0.4) is 0 Å². The Morgan fingerprint density at radius 3 is 2.53 bits per heavy atom. The average molecular weight is 462 g/mol. The molecule has 2 heterocycles. The van der Waals surface area contributed by atoms with Crippen molar-refractivity contribution in [3.8, 4) is 0 Å². The molecule has 0 atom stereocenters. The molecule has 3 aromatic rings. The Hall–Kier alpha value is -2.82. The van der Waals surface area contributed by atoms with Crippen LogP contribution in [0.15, 0.2) is 47.3 Å². The minimum Gasteiger partial charge on any atom is -0.345 e. The molecule has 4 rings (SSSR count). The number of hydrogen-bond donors (Lipinski definition) is 1. The first-order chi connectivity index (χ1) is 14.4. The zero-order valence-corrected chi connectivity index (χ0v) is 18.0. The number of anilines is 2. The van der Waals surface area contributed by atoms with Crippen molar-refractivity contribution in [1.82, 2.24) is 9.88 Å². The largest absolute Gasteiger partial charge is 0.345 e. The quantitative estimate of drug-likeness (QED) is 0.358. The van der Waals surface area contributed by atoms with E-state index in [2.05, 4.69) is 15.2 Å². The smallest absolute Gasteiger partial charge is 0.281 e. The van der Waals surface area contributed by atoms with E-state index in [0.29, 0.717) is 46.1 Å². The molecule has 11 heteroatoms. The van der Waals surface area contributed by atoms with Crippen molar-refractivity contribution in [2.45, 2.75) is 0 Å². The molecule has 0 bridgehead atoms. The number of hydrogen-bond acceptors (Lipinski definition) is 7. The molecule has 1 saturated heterocycles. The summed E-state index contributed by atoms with van der Waals surface area (Å²) in [5, 5.41) is 16.3. The maximum atomic E-state index is 12.4. The number of rotatable bonds is 3. The zero-order valence-electron chi connectivity index (χ0n) is 15.6. The zero-order chi connectivity index (χ0) is 21.3. The van der Waals surface area contributed by atoms with E-state index in [4.69, 9.17) is 23.8 Å². The number of nitro groups is 1. The van der Waals surface area contributed by atoms with Gasteiger partial charge in [-0.2, -0.15) is 4.98 Å². The van der Waals surface area contributed by atoms with Crippen molar-refractivity contribution in [2.24, 2.45) is 0 Å². The highest BCUT2D eigenvalue weighted by atomic mass is 35.5. The third-order valence-corrected chi connectivity index (χ3v) is 6.46. The van der Waals surface area contributed by atoms with Gasteiger partial charge < -0.3 is 15.1 Å². The predicted molar refractivity (Wildman–Crippen MR) is 124 cm³/mol. The molecule has 0 radical (unpaired) electrons. The monoisotopic (exact) mass is 461 g/mol. The fourth-order valence-corrected chi connectivity index (χ4v) is 4.58. The Balaban J connectivity index is 1.44. The Morgan fingerprint density at radius 1 is 1.17 bits per heavy atom. The summed E-state index contributed by atoms with van der Waals surface area (Å²) in [6.07, 6.45) is 0. The van der Waals surface area contributed by atoms with Crippen LogP contribution in [0.4, 0.5) is 16.5 Å². The maximum absolute atomic E-state index is 12.4. The van der Waals surface area contributed by atoms with E-state index < -0.39 is 10.5 Å². The van der Waals surface area contributed by atoms with Crippen LogP contribution < -0.4 is 15.8 Å². The van der Waals surface area contributed by atoms with Crippen molar-refractivity contribution < 1.29 is 4.92 Å². The van der Waals surface area contributed by atoms with Gasteiger partial charge in [0, 0.05) is 53.7 Å². The molecule has 8 nitrogen and oxygen atoms in total. The van der Waals surface area contributed by atoms with Gasteiger partial charge in [-0.05, 0) is 42.5 Å². The van der Waals surface area contributed by atoms with E-state index in [1.54, 1.807) is 18.2 Å². The molecular weight excluding hydrogens is 446 g/mol. The molecule has 0 amide bonds. The number of benzene rings is 2. The Bertz CT molecular complexity index is 1180. The summed E-state index contributed by atoms with van der Waals surface area (Å²) in [5.41, 5.74) is 0.303. The van der Waals surface area contributed by atoms with Gasteiger partial charge in [-0.25, -0.2) is 0 Å². The maximum Gasteiger partial charge on any atom is 0.281 e. The summed E-state index contributed by atoms with van der Waals surface area (Å²) < 4.78 is 0.679. The number of nitrogens with zero attached hydrogens (tertiary/aromatic N) is 4. The average Bonchev–Trinajstić information content (AvgIpc) is 2.75. The molecule has 1 fully saturated rings. The molecule has 0 unspecified atom stereocenters. The number of nitrogens with one attached hydrogen (secondary N) is 1. The number of non-ortho nitro benzene ring substituents is 1. The van der Waals surface area contributed by atoms with E-state index in [1.807, 2.05) is 17.0 Å². The van der Waals surface area contributed by atoms with E-state index >= 15 is 0 Å². The number of nitro benzene ring substituents is 1. The number of aromatic nitrogens is 1. The van der Waals surface area contributed by atoms with Crippen LogP contribution in [-0.4, -0.2) is 46.1 Å². The molecule has 0 spiro atoms. The van der Waals surface area contributed by atoms with Gasteiger partial charge in [-0.1, -0.05) is 22.9 Å². The van der Waals surface area contributed by atoms with Gasteiger partial charge in [0.1, 0.15) is 0 Å². The fourth-order valence-electron chi connectivity index (χ4n) is 3.13. The van der Waals surface area contributed by atoms with Crippen LogP contribution in [0.5, 0.6) is 0 Å². The van der Waals surface area contributed by atoms with Gasteiger partial charge >= 0.3 is 0 Å². The standard InChI is InChI=1S/C19H16ClN5O3S2/c20-12-1-3-13(4-2-12)21-18(29)23-7-9-24(10-8-23)19-22-17(26)15-11-14(25(27)28)5-6-16(15)30-19/h1-6,11H,7-10H2,(H,21,29). The Labute approximate surface area is 185 Å². The second kappa shape index (κ2) is 8.50. The Kier molecular flexibility index (Phi) is 5.80. The van der Waals surface area contributed by atoms with Crippen molar-refractivity contribution in [2.75, 3.05) is 36.4 Å². The molecule has 1 N–H and O–H groups in total. The predicted octanol–water partition coefficient (Wildman–Crippen LogP) is 3.74. The first kappa shape index (κ1) is 20.5. The molecular formula is C19H16ClN5O3S2. The number of thiocarbonyl (C=S) groups is 1. The fraction of sp³-hybridized carbons (Fsp3) is 0.211. The lowest BCUT2D eigenvalue weighted by atomic mass is 10.2. The van der Waals surface area contributed by atoms with Gasteiger partial charge in [0.25, 0.3) is 11.2 Å². The van der Waals surface area contributed by atoms with Gasteiger partial charge in [-0.15, -0.1) is 0 Å². The third kappa shape index (κ3) is 4.35. The molecule has 0 saturated carbocycles. The second-order valence-electron chi connectivity index (χ2n) is 6.65. The van der Waals surface area contributed by atoms with E-state index in [1.165, 1.54) is 23.5 Å². The minimum atomic E-state index is -0.516. The van der Waals surface area contributed by atoms with Crippen LogP contribution in [-0.2, 0) is 0 Å². The van der Waals surface area contributed by atoms with E-state index in [0.717, 1.165) is 5.69 Å². The first-order valence-corrected chi connectivity index (χ1v) is 10.7. The van der Waals surface area contributed by atoms with E-state index in [9.17, 15) is 14.9 Å². The lowest BCUT2D eigenvalue weighted by Crippen LogP contribution is -2.50. The summed E-state index contributed by atoms with van der Waals surface area (Å²) in [6, 6.07) is 11.6. The normalized spacial score (nSPS) is 14.0. The minimum absolute atomic E-state index is 0.114. The molecule has 1 aliphatic heterocycles. The molecule has 1 aromatic heterocycles. The van der Waals surface area contributed by atoms with Crippen LogP contribution in [0, 0.1) is 10.1 Å². The van der Waals surface area contributed by atoms with Crippen molar-refractivity contribution in [3.63, 3.8) is 0 Å². The van der Waals surface area contributed by atoms with Gasteiger partial charge in [0.15, 0.2) is 10.2 Å².